The van der Waals surface area contributed by atoms with Crippen LogP contribution in [0.15, 0.2) is 0 Å². The Bertz CT molecular complexity index is 295. The van der Waals surface area contributed by atoms with Crippen molar-refractivity contribution in [1.82, 2.24) is 0 Å². The quantitative estimate of drug-likeness (QED) is 0.339. The van der Waals surface area contributed by atoms with Gasteiger partial charge in [0.2, 0.25) is 0 Å². The maximum absolute atomic E-state index is 10.2. The van der Waals surface area contributed by atoms with Crippen LogP contribution in [0.3, 0.4) is 0 Å². The Morgan fingerprint density at radius 1 is 0.857 bits per heavy atom. The van der Waals surface area contributed by atoms with Crippen LogP contribution in [0.2, 0.25) is 0 Å². The molecule has 1 rings (SSSR count). The SMILES string of the molecule is CC(=O)OC(C)(C)C.CC1CCC(C)CC1.CCCC.CCCCCC(C)C. The van der Waals surface area contributed by atoms with E-state index >= 15 is 0 Å². The molecule has 2 nitrogen and oxygen atoms in total. The smallest absolute Gasteiger partial charge is 0.303 e. The largest absolute Gasteiger partial charge is 0.460 e. The maximum atomic E-state index is 10.2. The fourth-order valence-corrected chi connectivity index (χ4v) is 2.66. The minimum atomic E-state index is -0.328. The van der Waals surface area contributed by atoms with Gasteiger partial charge in [0.05, 0.1) is 0 Å². The number of ether oxygens (including phenoxy) is 1. The highest BCUT2D eigenvalue weighted by atomic mass is 16.6. The van der Waals surface area contributed by atoms with Gasteiger partial charge in [-0.1, -0.05) is 113 Å². The number of hydrogen-bond donors (Lipinski definition) is 0. The minimum Gasteiger partial charge on any atom is -0.460 e. The Labute approximate surface area is 179 Å². The number of unbranched alkanes of at least 4 members (excludes halogenated alkanes) is 3. The van der Waals surface area contributed by atoms with Crippen LogP contribution in [0, 0.1) is 17.8 Å². The second-order valence-corrected chi connectivity index (χ2v) is 9.96. The van der Waals surface area contributed by atoms with E-state index in [0.29, 0.717) is 0 Å². The maximum Gasteiger partial charge on any atom is 0.303 e. The van der Waals surface area contributed by atoms with Crippen LogP contribution in [0.4, 0.5) is 0 Å². The molecule has 1 fully saturated rings. The van der Waals surface area contributed by atoms with E-state index in [1.165, 1.54) is 71.1 Å². The summed E-state index contributed by atoms with van der Waals surface area (Å²) >= 11 is 0. The van der Waals surface area contributed by atoms with Gasteiger partial charge in [-0.3, -0.25) is 4.79 Å². The zero-order valence-electron chi connectivity index (χ0n) is 21.6. The number of rotatable bonds is 5. The number of carbonyl (C=O) groups excluding carboxylic acids is 1. The molecule has 0 spiro atoms. The molecule has 28 heavy (non-hydrogen) atoms. The van der Waals surface area contributed by atoms with E-state index in [4.69, 9.17) is 4.74 Å². The summed E-state index contributed by atoms with van der Waals surface area (Å²) in [6, 6.07) is 0. The average Bonchev–Trinajstić information content (AvgIpc) is 2.57. The summed E-state index contributed by atoms with van der Waals surface area (Å²) in [6.45, 7) is 22.9. The van der Waals surface area contributed by atoms with Crippen LogP contribution in [-0.2, 0) is 9.53 Å². The molecule has 0 N–H and O–H groups in total. The van der Waals surface area contributed by atoms with Gasteiger partial charge in [0.15, 0.2) is 0 Å². The summed E-state index contributed by atoms with van der Waals surface area (Å²) in [7, 11) is 0. The molecule has 0 bridgehead atoms. The molecule has 172 valence electrons. The van der Waals surface area contributed by atoms with Gasteiger partial charge in [0.25, 0.3) is 0 Å². The molecule has 1 aliphatic rings. The first kappa shape index (κ1) is 32.1. The predicted molar refractivity (Wildman–Crippen MR) is 128 cm³/mol. The number of esters is 1. The van der Waals surface area contributed by atoms with Gasteiger partial charge < -0.3 is 4.74 Å². The molecule has 0 heterocycles. The van der Waals surface area contributed by atoms with Crippen molar-refractivity contribution in [1.29, 1.82) is 0 Å². The summed E-state index contributed by atoms with van der Waals surface area (Å²) in [4.78, 5) is 10.2. The van der Waals surface area contributed by atoms with Gasteiger partial charge in [0, 0.05) is 6.92 Å². The molecule has 1 aliphatic carbocycles. The zero-order chi connectivity index (χ0) is 22.6. The minimum absolute atomic E-state index is 0.225. The van der Waals surface area contributed by atoms with E-state index in [1.807, 2.05) is 20.8 Å². The lowest BCUT2D eigenvalue weighted by Gasteiger charge is -2.22. The van der Waals surface area contributed by atoms with E-state index in [1.54, 1.807) is 0 Å². The topological polar surface area (TPSA) is 26.3 Å². The molecule has 0 aliphatic heterocycles. The third-order valence-corrected chi connectivity index (χ3v) is 4.64. The van der Waals surface area contributed by atoms with E-state index in [0.717, 1.165) is 17.8 Å². The fraction of sp³-hybridized carbons (Fsp3) is 0.962. The number of carbonyl (C=O) groups is 1. The highest BCUT2D eigenvalue weighted by molar-refractivity contribution is 5.66. The first-order chi connectivity index (χ1) is 12.9. The fourth-order valence-electron chi connectivity index (χ4n) is 2.66. The molecule has 0 unspecified atom stereocenters. The second kappa shape index (κ2) is 21.2. The van der Waals surface area contributed by atoms with Gasteiger partial charge in [0.1, 0.15) is 5.60 Å². The zero-order valence-corrected chi connectivity index (χ0v) is 21.6. The highest BCUT2D eigenvalue weighted by Gasteiger charge is 2.13. The van der Waals surface area contributed by atoms with E-state index in [-0.39, 0.29) is 11.6 Å². The van der Waals surface area contributed by atoms with Crippen molar-refractivity contribution < 1.29 is 9.53 Å². The summed E-state index contributed by atoms with van der Waals surface area (Å²) in [6.07, 6.45) is 14.1. The van der Waals surface area contributed by atoms with Crippen LogP contribution in [0.25, 0.3) is 0 Å². The third-order valence-electron chi connectivity index (χ3n) is 4.64. The normalized spacial score (nSPS) is 18.6. The Morgan fingerprint density at radius 3 is 1.43 bits per heavy atom. The lowest BCUT2D eigenvalue weighted by molar-refractivity contribution is -0.151. The first-order valence-corrected chi connectivity index (χ1v) is 12.1. The van der Waals surface area contributed by atoms with Crippen molar-refractivity contribution >= 4 is 5.97 Å². The molecule has 0 aromatic rings. The van der Waals surface area contributed by atoms with Crippen molar-refractivity contribution in [3.05, 3.63) is 0 Å². The predicted octanol–water partition coefficient (Wildman–Crippen LogP) is 9.21. The lowest BCUT2D eigenvalue weighted by Crippen LogP contribution is -2.21. The summed E-state index contributed by atoms with van der Waals surface area (Å²) in [5.74, 6) is 2.72. The van der Waals surface area contributed by atoms with Crippen molar-refractivity contribution in [3.63, 3.8) is 0 Å². The van der Waals surface area contributed by atoms with Gasteiger partial charge in [-0.25, -0.2) is 0 Å². The molecular weight excluding hydrogens is 344 g/mol. The summed E-state index contributed by atoms with van der Waals surface area (Å²) in [5, 5.41) is 0. The Hall–Kier alpha value is -0.530. The monoisotopic (exact) mass is 400 g/mol. The molecule has 0 aromatic heterocycles. The van der Waals surface area contributed by atoms with Crippen molar-refractivity contribution in [3.8, 4) is 0 Å². The Balaban J connectivity index is -0.000000306. The van der Waals surface area contributed by atoms with Gasteiger partial charge in [-0.15, -0.1) is 0 Å². The molecule has 0 aromatic carbocycles. The van der Waals surface area contributed by atoms with Gasteiger partial charge in [-0.05, 0) is 38.5 Å². The van der Waals surface area contributed by atoms with Crippen LogP contribution < -0.4 is 0 Å². The van der Waals surface area contributed by atoms with Crippen LogP contribution in [0.1, 0.15) is 140 Å². The summed E-state index contributed by atoms with van der Waals surface area (Å²) in [5.41, 5.74) is -0.328. The van der Waals surface area contributed by atoms with Gasteiger partial charge >= 0.3 is 5.97 Å². The molecule has 0 radical (unpaired) electrons. The number of hydrogen-bond acceptors (Lipinski definition) is 2. The van der Waals surface area contributed by atoms with Crippen LogP contribution in [-0.4, -0.2) is 11.6 Å². The molecule has 0 atom stereocenters. The van der Waals surface area contributed by atoms with E-state index < -0.39 is 0 Å². The van der Waals surface area contributed by atoms with Gasteiger partial charge in [-0.2, -0.15) is 0 Å². The summed E-state index contributed by atoms with van der Waals surface area (Å²) < 4.78 is 4.80. The molecule has 2 heteroatoms. The Morgan fingerprint density at radius 2 is 1.25 bits per heavy atom. The third kappa shape index (κ3) is 36.4. The molecule has 0 saturated heterocycles. The lowest BCUT2D eigenvalue weighted by atomic mass is 9.84. The van der Waals surface area contributed by atoms with E-state index in [9.17, 15) is 4.79 Å². The van der Waals surface area contributed by atoms with Crippen LogP contribution in [0.5, 0.6) is 0 Å². The first-order valence-electron chi connectivity index (χ1n) is 12.1. The molecular formula is C26H56O2. The van der Waals surface area contributed by atoms with Crippen molar-refractivity contribution in [2.45, 2.75) is 146 Å². The van der Waals surface area contributed by atoms with E-state index in [2.05, 4.69) is 48.5 Å². The Kier molecular flexibility index (Phi) is 24.3. The highest BCUT2D eigenvalue weighted by Crippen LogP contribution is 2.27. The van der Waals surface area contributed by atoms with Crippen LogP contribution >= 0.6 is 0 Å². The standard InChI is InChI=1S/C8H16.C8H18.C6H12O2.C4H10/c1-7-3-5-8(2)6-4-7;1-4-5-6-7-8(2)3;1-5(7)8-6(2,3)4;1-3-4-2/h7-8H,3-6H2,1-2H3;8H,4-7H2,1-3H3;1-4H3;3-4H2,1-2H3. The average molecular weight is 401 g/mol. The van der Waals surface area contributed by atoms with Crippen molar-refractivity contribution in [2.24, 2.45) is 17.8 Å². The van der Waals surface area contributed by atoms with Crippen molar-refractivity contribution in [2.75, 3.05) is 0 Å². The molecule has 0 amide bonds. The molecule has 1 saturated carbocycles. The second-order valence-electron chi connectivity index (χ2n) is 9.96.